The van der Waals surface area contributed by atoms with Gasteiger partial charge >= 0.3 is 0 Å². The summed E-state index contributed by atoms with van der Waals surface area (Å²) in [6, 6.07) is 1.89. The normalized spacial score (nSPS) is 16.2. The van der Waals surface area contributed by atoms with E-state index in [1.54, 1.807) is 6.20 Å². The van der Waals surface area contributed by atoms with Gasteiger partial charge in [-0.2, -0.15) is 5.26 Å². The lowest BCUT2D eigenvalue weighted by atomic mass is 10.3. The Labute approximate surface area is 127 Å². The second-order valence-corrected chi connectivity index (χ2v) is 5.39. The summed E-state index contributed by atoms with van der Waals surface area (Å²) in [5.74, 6) is -0.364. The molecule has 1 aliphatic rings. The van der Waals surface area contributed by atoms with Gasteiger partial charge in [0.1, 0.15) is 11.6 Å². The van der Waals surface area contributed by atoms with E-state index in [0.717, 1.165) is 32.7 Å². The third-order valence-corrected chi connectivity index (χ3v) is 3.76. The summed E-state index contributed by atoms with van der Waals surface area (Å²) in [5, 5.41) is 20.4. The van der Waals surface area contributed by atoms with E-state index in [4.69, 9.17) is 5.26 Å². The first-order valence-electron chi connectivity index (χ1n) is 6.77. The number of nitrogens with one attached hydrogen (secondary N) is 3. The zero-order valence-electron chi connectivity index (χ0n) is 11.6. The Kier molecular flexibility index (Phi) is 6.15. The molecule has 1 aliphatic heterocycles. The van der Waals surface area contributed by atoms with Crippen LogP contribution >= 0.6 is 11.3 Å². The fourth-order valence-corrected chi connectivity index (χ4v) is 2.43. The average molecular weight is 306 g/mol. The van der Waals surface area contributed by atoms with Crippen molar-refractivity contribution < 1.29 is 4.79 Å². The van der Waals surface area contributed by atoms with Gasteiger partial charge in [-0.3, -0.25) is 9.69 Å². The molecule has 112 valence electrons. The van der Waals surface area contributed by atoms with Gasteiger partial charge in [0.05, 0.1) is 0 Å². The highest BCUT2D eigenvalue weighted by molar-refractivity contribution is 7.13. The quantitative estimate of drug-likeness (QED) is 0.505. The van der Waals surface area contributed by atoms with Gasteiger partial charge in [0.25, 0.3) is 5.91 Å². The van der Waals surface area contributed by atoms with E-state index in [0.29, 0.717) is 11.7 Å². The van der Waals surface area contributed by atoms with E-state index < -0.39 is 0 Å². The summed E-state index contributed by atoms with van der Waals surface area (Å²) in [4.78, 5) is 18.2. The number of hydrogen-bond acceptors (Lipinski definition) is 7. The largest absolute Gasteiger partial charge is 0.350 e. The number of carbonyl (C=O) groups is 1. The third-order valence-electron chi connectivity index (χ3n) is 3.06. The predicted octanol–water partition coefficient (Wildman–Crippen LogP) is -0.0161. The van der Waals surface area contributed by atoms with Crippen molar-refractivity contribution in [2.24, 2.45) is 0 Å². The van der Waals surface area contributed by atoms with Crippen molar-refractivity contribution in [3.05, 3.63) is 23.3 Å². The molecule has 1 fully saturated rings. The number of carbonyl (C=O) groups excluding carboxylic acids is 1. The standard InChI is InChI=1S/C13H18N6OS/c14-9-11(10-18-13-17-4-8-21-13)12(20)16-3-7-19-5-1-15-2-6-19/h4,8,10,15H,1-3,5-7H2,(H,16,20)(H,17,18)/b11-10-. The van der Waals surface area contributed by atoms with Gasteiger partial charge in [-0.1, -0.05) is 0 Å². The number of anilines is 1. The molecule has 21 heavy (non-hydrogen) atoms. The number of hydrogen-bond donors (Lipinski definition) is 3. The minimum absolute atomic E-state index is 0.0468. The van der Waals surface area contributed by atoms with Crippen LogP contribution in [-0.2, 0) is 4.79 Å². The summed E-state index contributed by atoms with van der Waals surface area (Å²) in [6.45, 7) is 5.27. The first-order chi connectivity index (χ1) is 10.3. The maximum absolute atomic E-state index is 11.9. The van der Waals surface area contributed by atoms with Gasteiger partial charge < -0.3 is 16.0 Å². The second-order valence-electron chi connectivity index (χ2n) is 4.50. The Morgan fingerprint density at radius 2 is 2.38 bits per heavy atom. The number of rotatable bonds is 6. The fraction of sp³-hybridized carbons (Fsp3) is 0.462. The lowest BCUT2D eigenvalue weighted by molar-refractivity contribution is -0.117. The van der Waals surface area contributed by atoms with E-state index >= 15 is 0 Å². The van der Waals surface area contributed by atoms with Crippen LogP contribution in [0.15, 0.2) is 23.3 Å². The van der Waals surface area contributed by atoms with Crippen molar-refractivity contribution in [2.75, 3.05) is 44.6 Å². The van der Waals surface area contributed by atoms with Gasteiger partial charge in [0.2, 0.25) is 0 Å². The lowest BCUT2D eigenvalue weighted by Crippen LogP contribution is -2.46. The highest BCUT2D eigenvalue weighted by Gasteiger charge is 2.11. The molecular formula is C13H18N6OS. The highest BCUT2D eigenvalue weighted by Crippen LogP contribution is 2.10. The summed E-state index contributed by atoms with van der Waals surface area (Å²) in [7, 11) is 0. The minimum atomic E-state index is -0.364. The van der Waals surface area contributed by atoms with Crippen LogP contribution in [-0.4, -0.2) is 55.1 Å². The summed E-state index contributed by atoms with van der Waals surface area (Å²) < 4.78 is 0. The van der Waals surface area contributed by atoms with Crippen molar-refractivity contribution >= 4 is 22.4 Å². The van der Waals surface area contributed by atoms with Crippen molar-refractivity contribution in [2.45, 2.75) is 0 Å². The van der Waals surface area contributed by atoms with E-state index in [9.17, 15) is 4.79 Å². The average Bonchev–Trinajstić information content (AvgIpc) is 3.02. The smallest absolute Gasteiger partial charge is 0.263 e. The number of aromatic nitrogens is 1. The Bertz CT molecular complexity index is 515. The molecular weight excluding hydrogens is 288 g/mol. The van der Waals surface area contributed by atoms with Crippen molar-refractivity contribution in [1.29, 1.82) is 5.26 Å². The molecule has 2 heterocycles. The molecule has 0 saturated carbocycles. The first-order valence-corrected chi connectivity index (χ1v) is 7.65. The van der Waals surface area contributed by atoms with Crippen LogP contribution in [0.25, 0.3) is 0 Å². The maximum Gasteiger partial charge on any atom is 0.263 e. The van der Waals surface area contributed by atoms with Crippen LogP contribution in [0.4, 0.5) is 5.13 Å². The number of thiazole rings is 1. The van der Waals surface area contributed by atoms with Crippen LogP contribution in [0.3, 0.4) is 0 Å². The van der Waals surface area contributed by atoms with Crippen molar-refractivity contribution in [3.63, 3.8) is 0 Å². The number of amides is 1. The molecule has 1 aromatic rings. The predicted molar refractivity (Wildman–Crippen MR) is 81.8 cm³/mol. The fourth-order valence-electron chi connectivity index (χ4n) is 1.93. The number of nitrogens with zero attached hydrogens (tertiary/aromatic N) is 3. The van der Waals surface area contributed by atoms with Crippen LogP contribution in [0.1, 0.15) is 0 Å². The lowest BCUT2D eigenvalue weighted by Gasteiger charge is -2.27. The molecule has 3 N–H and O–H groups in total. The molecule has 1 saturated heterocycles. The molecule has 0 unspecified atom stereocenters. The van der Waals surface area contributed by atoms with Gasteiger partial charge in [-0.05, 0) is 0 Å². The Hall–Kier alpha value is -1.95. The van der Waals surface area contributed by atoms with Crippen LogP contribution in [0, 0.1) is 11.3 Å². The number of piperazine rings is 1. The zero-order chi connectivity index (χ0) is 14.9. The Morgan fingerprint density at radius 1 is 1.57 bits per heavy atom. The monoisotopic (exact) mass is 306 g/mol. The maximum atomic E-state index is 11.9. The van der Waals surface area contributed by atoms with Gasteiger partial charge in [0.15, 0.2) is 5.13 Å². The molecule has 1 aromatic heterocycles. The molecule has 0 radical (unpaired) electrons. The van der Waals surface area contributed by atoms with Crippen molar-refractivity contribution in [3.8, 4) is 6.07 Å². The molecule has 2 rings (SSSR count). The van der Waals surface area contributed by atoms with E-state index in [2.05, 4.69) is 25.8 Å². The molecule has 0 aromatic carbocycles. The number of nitriles is 1. The van der Waals surface area contributed by atoms with Gasteiger partial charge in [-0.25, -0.2) is 4.98 Å². The molecule has 0 atom stereocenters. The van der Waals surface area contributed by atoms with Gasteiger partial charge in [0, 0.05) is 57.0 Å². The van der Waals surface area contributed by atoms with Crippen molar-refractivity contribution in [1.82, 2.24) is 20.5 Å². The Morgan fingerprint density at radius 3 is 3.05 bits per heavy atom. The zero-order valence-corrected chi connectivity index (χ0v) is 12.4. The molecule has 0 spiro atoms. The summed E-state index contributed by atoms with van der Waals surface area (Å²) >= 11 is 1.40. The summed E-state index contributed by atoms with van der Waals surface area (Å²) in [5.41, 5.74) is 0.0468. The molecule has 0 aliphatic carbocycles. The third kappa shape index (κ3) is 5.15. The van der Waals surface area contributed by atoms with Crippen LogP contribution < -0.4 is 16.0 Å². The molecule has 7 nitrogen and oxygen atoms in total. The minimum Gasteiger partial charge on any atom is -0.350 e. The topological polar surface area (TPSA) is 93.1 Å². The van der Waals surface area contributed by atoms with E-state index in [1.807, 2.05) is 11.4 Å². The highest BCUT2D eigenvalue weighted by atomic mass is 32.1. The van der Waals surface area contributed by atoms with Crippen LogP contribution in [0.2, 0.25) is 0 Å². The first kappa shape index (κ1) is 15.4. The molecule has 0 bridgehead atoms. The van der Waals surface area contributed by atoms with E-state index in [-0.39, 0.29) is 11.5 Å². The van der Waals surface area contributed by atoms with E-state index in [1.165, 1.54) is 17.5 Å². The SMILES string of the molecule is N#C/C(=C/Nc1nccs1)C(=O)NCCN1CCNCC1. The Balaban J connectivity index is 1.74. The molecule has 8 heteroatoms. The van der Waals surface area contributed by atoms with Crippen LogP contribution in [0.5, 0.6) is 0 Å². The molecule has 1 amide bonds. The second kappa shape index (κ2) is 8.36. The van der Waals surface area contributed by atoms with Gasteiger partial charge in [-0.15, -0.1) is 11.3 Å². The summed E-state index contributed by atoms with van der Waals surface area (Å²) in [6.07, 6.45) is 3.04.